The Morgan fingerprint density at radius 2 is 2.25 bits per heavy atom. The van der Waals surface area contributed by atoms with Crippen molar-refractivity contribution in [3.63, 3.8) is 0 Å². The van der Waals surface area contributed by atoms with Gasteiger partial charge in [-0.05, 0) is 24.8 Å². The van der Waals surface area contributed by atoms with Crippen LogP contribution in [-0.2, 0) is 10.4 Å². The number of fused-ring (bicyclic) bond motifs is 1. The molecule has 1 saturated heterocycles. The molecule has 2 aliphatic rings. The van der Waals surface area contributed by atoms with Crippen molar-refractivity contribution in [1.82, 2.24) is 5.48 Å². The van der Waals surface area contributed by atoms with E-state index in [1.165, 1.54) is 6.07 Å². The van der Waals surface area contributed by atoms with E-state index >= 15 is 0 Å². The lowest BCUT2D eigenvalue weighted by atomic mass is 9.82. The molecule has 0 radical (unpaired) electrons. The Morgan fingerprint density at radius 1 is 1.44 bits per heavy atom. The van der Waals surface area contributed by atoms with E-state index in [2.05, 4.69) is 12.4 Å². The van der Waals surface area contributed by atoms with Crippen LogP contribution < -0.4 is 5.48 Å². The van der Waals surface area contributed by atoms with Gasteiger partial charge in [0.05, 0.1) is 12.1 Å². The molecule has 1 N–H and O–H groups in total. The Balaban J connectivity index is 2.07. The van der Waals surface area contributed by atoms with Gasteiger partial charge in [-0.1, -0.05) is 25.1 Å². The van der Waals surface area contributed by atoms with Gasteiger partial charge >= 0.3 is 0 Å². The van der Waals surface area contributed by atoms with E-state index in [1.807, 2.05) is 12.1 Å². The molecule has 3 heteroatoms. The van der Waals surface area contributed by atoms with E-state index in [1.54, 1.807) is 6.07 Å². The summed E-state index contributed by atoms with van der Waals surface area (Å²) >= 11 is 0. The fraction of sp³-hybridized carbons (Fsp3) is 0.538. The van der Waals surface area contributed by atoms with Crippen molar-refractivity contribution in [2.75, 3.05) is 6.61 Å². The van der Waals surface area contributed by atoms with Gasteiger partial charge in [-0.15, -0.1) is 0 Å². The molecule has 0 aromatic heterocycles. The maximum atomic E-state index is 13.9. The molecule has 0 spiro atoms. The molecule has 0 unspecified atom stereocenters. The lowest BCUT2D eigenvalue weighted by Crippen LogP contribution is -2.39. The molecule has 0 amide bonds. The van der Waals surface area contributed by atoms with Crippen LogP contribution in [0.2, 0.25) is 0 Å². The number of hydrogen-bond donors (Lipinski definition) is 1. The van der Waals surface area contributed by atoms with Crippen molar-refractivity contribution in [3.05, 3.63) is 35.6 Å². The van der Waals surface area contributed by atoms with Gasteiger partial charge < -0.3 is 4.84 Å². The fourth-order valence-electron chi connectivity index (χ4n) is 3.30. The molecule has 1 heterocycles. The highest BCUT2D eigenvalue weighted by molar-refractivity contribution is 5.29. The first-order chi connectivity index (χ1) is 7.72. The number of hydroxylamine groups is 1. The second-order valence-corrected chi connectivity index (χ2v) is 5.11. The quantitative estimate of drug-likeness (QED) is 0.787. The van der Waals surface area contributed by atoms with Crippen molar-refractivity contribution in [2.24, 2.45) is 11.8 Å². The number of hydrogen-bond acceptors (Lipinski definition) is 2. The van der Waals surface area contributed by atoms with Crippen LogP contribution >= 0.6 is 0 Å². The zero-order chi connectivity index (χ0) is 11.2. The summed E-state index contributed by atoms with van der Waals surface area (Å²) in [7, 11) is 0. The zero-order valence-electron chi connectivity index (χ0n) is 9.37. The molecule has 2 fully saturated rings. The minimum absolute atomic E-state index is 0.125. The molecular weight excluding hydrogens is 205 g/mol. The molecule has 1 aromatic rings. The first-order valence-electron chi connectivity index (χ1n) is 5.86. The van der Waals surface area contributed by atoms with Gasteiger partial charge in [-0.2, -0.15) is 5.48 Å². The number of rotatable bonds is 1. The van der Waals surface area contributed by atoms with Crippen LogP contribution in [0.15, 0.2) is 24.3 Å². The summed E-state index contributed by atoms with van der Waals surface area (Å²) in [5.74, 6) is 0.903. The van der Waals surface area contributed by atoms with E-state index in [0.717, 1.165) is 18.4 Å². The predicted octanol–water partition coefficient (Wildman–Crippen LogP) is 2.60. The Bertz CT molecular complexity index is 409. The molecule has 1 aliphatic heterocycles. The average Bonchev–Trinajstić information content (AvgIpc) is 2.74. The van der Waals surface area contributed by atoms with Gasteiger partial charge in [0.25, 0.3) is 0 Å². The summed E-state index contributed by atoms with van der Waals surface area (Å²) in [4.78, 5) is 5.36. The molecular formula is C13H16FNO. The van der Waals surface area contributed by atoms with E-state index in [9.17, 15) is 4.39 Å². The topological polar surface area (TPSA) is 21.3 Å². The average molecular weight is 221 g/mol. The Kier molecular flexibility index (Phi) is 2.26. The summed E-state index contributed by atoms with van der Waals surface area (Å²) in [5.41, 5.74) is 3.56. The van der Waals surface area contributed by atoms with E-state index < -0.39 is 0 Å². The minimum atomic E-state index is -0.287. The minimum Gasteiger partial charge on any atom is -0.301 e. The van der Waals surface area contributed by atoms with Crippen molar-refractivity contribution in [1.29, 1.82) is 0 Å². The second kappa shape index (κ2) is 3.54. The Hall–Kier alpha value is -0.930. The monoisotopic (exact) mass is 221 g/mol. The van der Waals surface area contributed by atoms with Crippen molar-refractivity contribution in [3.8, 4) is 0 Å². The van der Waals surface area contributed by atoms with Crippen molar-refractivity contribution >= 4 is 0 Å². The van der Waals surface area contributed by atoms with Crippen LogP contribution in [0, 0.1) is 17.7 Å². The first kappa shape index (κ1) is 10.2. The number of halogens is 1. The summed E-state index contributed by atoms with van der Waals surface area (Å²) in [6.07, 6.45) is 2.07. The third kappa shape index (κ3) is 1.31. The molecule has 86 valence electrons. The lowest BCUT2D eigenvalue weighted by molar-refractivity contribution is 0.0519. The maximum Gasteiger partial charge on any atom is 0.128 e. The van der Waals surface area contributed by atoms with Crippen LogP contribution in [-0.4, -0.2) is 6.61 Å². The lowest BCUT2D eigenvalue weighted by Gasteiger charge is -2.28. The SMILES string of the molecule is C[C@H]1C[C@H]2CON[C@@]2(c2ccccc2F)C1. The summed E-state index contributed by atoms with van der Waals surface area (Å²) in [6.45, 7) is 2.92. The van der Waals surface area contributed by atoms with E-state index in [4.69, 9.17) is 4.84 Å². The van der Waals surface area contributed by atoms with Gasteiger partial charge in [0, 0.05) is 11.5 Å². The zero-order valence-corrected chi connectivity index (χ0v) is 9.37. The standard InChI is InChI=1S/C13H16FNO/c1-9-6-10-8-16-15-13(10,7-9)11-4-2-3-5-12(11)14/h2-5,9-10,15H,6-8H2,1H3/t9-,10-,13-/m0/s1. The van der Waals surface area contributed by atoms with Gasteiger partial charge in [0.1, 0.15) is 5.82 Å². The fourth-order valence-corrected chi connectivity index (χ4v) is 3.30. The van der Waals surface area contributed by atoms with Crippen molar-refractivity contribution in [2.45, 2.75) is 25.3 Å². The smallest absolute Gasteiger partial charge is 0.128 e. The summed E-state index contributed by atoms with van der Waals surface area (Å²) in [6, 6.07) is 7.04. The third-order valence-electron chi connectivity index (χ3n) is 3.95. The van der Waals surface area contributed by atoms with E-state index in [0.29, 0.717) is 18.4 Å². The first-order valence-corrected chi connectivity index (χ1v) is 5.86. The van der Waals surface area contributed by atoms with Gasteiger partial charge in [0.2, 0.25) is 0 Å². The Morgan fingerprint density at radius 3 is 3.06 bits per heavy atom. The molecule has 3 atom stereocenters. The van der Waals surface area contributed by atoms with Crippen molar-refractivity contribution < 1.29 is 9.23 Å². The summed E-state index contributed by atoms with van der Waals surface area (Å²) < 4.78 is 13.9. The highest BCUT2D eigenvalue weighted by Gasteiger charge is 2.52. The van der Waals surface area contributed by atoms with Crippen LogP contribution in [0.3, 0.4) is 0 Å². The largest absolute Gasteiger partial charge is 0.301 e. The summed E-state index contributed by atoms with van der Waals surface area (Å²) in [5, 5.41) is 0. The highest BCUT2D eigenvalue weighted by Crippen LogP contribution is 2.49. The predicted molar refractivity (Wildman–Crippen MR) is 59.1 cm³/mol. The molecule has 1 saturated carbocycles. The third-order valence-corrected chi connectivity index (χ3v) is 3.95. The van der Waals surface area contributed by atoms with Gasteiger partial charge in [-0.25, -0.2) is 4.39 Å². The number of benzene rings is 1. The maximum absolute atomic E-state index is 13.9. The number of nitrogens with one attached hydrogen (secondary N) is 1. The van der Waals surface area contributed by atoms with Crippen LogP contribution in [0.1, 0.15) is 25.3 Å². The van der Waals surface area contributed by atoms with Crippen LogP contribution in [0.25, 0.3) is 0 Å². The molecule has 1 aliphatic carbocycles. The van der Waals surface area contributed by atoms with Crippen LogP contribution in [0.4, 0.5) is 4.39 Å². The molecule has 3 rings (SSSR count). The van der Waals surface area contributed by atoms with Gasteiger partial charge in [0.15, 0.2) is 0 Å². The molecule has 0 bridgehead atoms. The van der Waals surface area contributed by atoms with E-state index in [-0.39, 0.29) is 11.4 Å². The highest BCUT2D eigenvalue weighted by atomic mass is 19.1. The Labute approximate surface area is 94.8 Å². The van der Waals surface area contributed by atoms with Crippen LogP contribution in [0.5, 0.6) is 0 Å². The second-order valence-electron chi connectivity index (χ2n) is 5.11. The molecule has 2 nitrogen and oxygen atoms in total. The molecule has 1 aromatic carbocycles. The normalized spacial score (nSPS) is 37.6. The molecule has 16 heavy (non-hydrogen) atoms. The van der Waals surface area contributed by atoms with Gasteiger partial charge in [-0.3, -0.25) is 0 Å².